The minimum absolute atomic E-state index is 0.347. The van der Waals surface area contributed by atoms with Crippen LogP contribution in [0.15, 0.2) is 29.0 Å². The zero-order valence-corrected chi connectivity index (χ0v) is 12.3. The molecule has 0 atom stereocenters. The third-order valence-corrected chi connectivity index (χ3v) is 3.06. The monoisotopic (exact) mass is 323 g/mol. The molecule has 0 N–H and O–H groups in total. The van der Waals surface area contributed by atoms with Crippen molar-refractivity contribution >= 4 is 21.9 Å². The molecule has 0 amide bonds. The molecule has 0 aliphatic carbocycles. The van der Waals surface area contributed by atoms with E-state index >= 15 is 0 Å². The molecule has 2 aromatic heterocycles. The van der Waals surface area contributed by atoms with Crippen molar-refractivity contribution in [3.8, 4) is 5.82 Å². The van der Waals surface area contributed by atoms with Crippen LogP contribution in [0.5, 0.6) is 0 Å². The molecule has 2 heterocycles. The largest absolute Gasteiger partial charge is 0.462 e. The molecule has 0 fully saturated rings. The molecule has 0 aromatic carbocycles. The van der Waals surface area contributed by atoms with Gasteiger partial charge in [0.2, 0.25) is 0 Å². The summed E-state index contributed by atoms with van der Waals surface area (Å²) >= 11 is 3.32. The lowest BCUT2D eigenvalue weighted by atomic mass is 10.2. The number of halogens is 1. The van der Waals surface area contributed by atoms with E-state index in [-0.39, 0.29) is 5.97 Å². The van der Waals surface area contributed by atoms with Crippen LogP contribution in [-0.4, -0.2) is 27.3 Å². The van der Waals surface area contributed by atoms with Crippen molar-refractivity contribution in [3.05, 3.63) is 40.3 Å². The summed E-state index contributed by atoms with van der Waals surface area (Å²) in [7, 11) is 0. The molecule has 0 aliphatic rings. The van der Waals surface area contributed by atoms with Crippen LogP contribution in [0.1, 0.15) is 29.9 Å². The van der Waals surface area contributed by atoms with Gasteiger partial charge in [-0.15, -0.1) is 0 Å². The van der Waals surface area contributed by atoms with E-state index in [0.29, 0.717) is 24.4 Å². The highest BCUT2D eigenvalue weighted by atomic mass is 79.9. The van der Waals surface area contributed by atoms with Crippen molar-refractivity contribution in [2.45, 2.75) is 20.3 Å². The maximum absolute atomic E-state index is 11.8. The fourth-order valence-corrected chi connectivity index (χ4v) is 2.14. The fraction of sp³-hybridized carbons (Fsp3) is 0.308. The van der Waals surface area contributed by atoms with E-state index in [1.165, 1.54) is 6.20 Å². The van der Waals surface area contributed by atoms with Gasteiger partial charge in [-0.3, -0.25) is 0 Å². The van der Waals surface area contributed by atoms with E-state index < -0.39 is 0 Å². The van der Waals surface area contributed by atoms with Crippen LogP contribution in [-0.2, 0) is 11.2 Å². The van der Waals surface area contributed by atoms with Crippen LogP contribution in [0.4, 0.5) is 0 Å². The molecule has 0 aliphatic heterocycles. The molecule has 0 bridgehead atoms. The third kappa shape index (κ3) is 2.84. The van der Waals surface area contributed by atoms with Crippen LogP contribution in [0.2, 0.25) is 0 Å². The molecule has 2 rings (SSSR count). The van der Waals surface area contributed by atoms with Gasteiger partial charge in [-0.05, 0) is 41.4 Å². The topological polar surface area (TPSA) is 57.0 Å². The van der Waals surface area contributed by atoms with Gasteiger partial charge in [0.1, 0.15) is 10.2 Å². The normalized spacial score (nSPS) is 10.5. The van der Waals surface area contributed by atoms with E-state index in [4.69, 9.17) is 4.74 Å². The molecular weight excluding hydrogens is 310 g/mol. The molecule has 0 spiro atoms. The first-order valence-corrected chi connectivity index (χ1v) is 6.83. The van der Waals surface area contributed by atoms with Crippen LogP contribution in [0, 0.1) is 0 Å². The minimum Gasteiger partial charge on any atom is -0.462 e. The number of ether oxygens (including phenoxy) is 1. The van der Waals surface area contributed by atoms with E-state index in [0.717, 1.165) is 10.3 Å². The summed E-state index contributed by atoms with van der Waals surface area (Å²) in [4.78, 5) is 16.2. The summed E-state index contributed by atoms with van der Waals surface area (Å²) in [6.45, 7) is 4.10. The molecule has 5 nitrogen and oxygen atoms in total. The summed E-state index contributed by atoms with van der Waals surface area (Å²) in [5.41, 5.74) is 1.29. The number of nitrogens with zero attached hydrogens (tertiary/aromatic N) is 3. The van der Waals surface area contributed by atoms with E-state index in [1.807, 2.05) is 25.1 Å². The molecule has 0 saturated carbocycles. The molecule has 19 heavy (non-hydrogen) atoms. The number of carbonyl (C=O) groups excluding carboxylic acids is 1. The number of esters is 1. The fourth-order valence-electron chi connectivity index (χ4n) is 1.81. The standard InChI is InChI=1S/C13H14BrN3O2/c1-3-10-9(13(18)19-4-2)8-15-17(10)12-7-5-6-11(14)16-12/h5-8H,3-4H2,1-2H3. The van der Waals surface area contributed by atoms with E-state index in [2.05, 4.69) is 26.0 Å². The first-order chi connectivity index (χ1) is 9.17. The van der Waals surface area contributed by atoms with Gasteiger partial charge in [0.25, 0.3) is 0 Å². The van der Waals surface area contributed by atoms with Gasteiger partial charge in [0.15, 0.2) is 5.82 Å². The number of aromatic nitrogens is 3. The highest BCUT2D eigenvalue weighted by Crippen LogP contribution is 2.17. The molecular formula is C13H14BrN3O2. The second kappa shape index (κ2) is 5.97. The van der Waals surface area contributed by atoms with Crippen LogP contribution < -0.4 is 0 Å². The lowest BCUT2D eigenvalue weighted by Gasteiger charge is -2.07. The van der Waals surface area contributed by atoms with Gasteiger partial charge in [0, 0.05) is 0 Å². The Hall–Kier alpha value is -1.69. The van der Waals surface area contributed by atoms with Crippen molar-refractivity contribution in [1.29, 1.82) is 0 Å². The second-order valence-corrected chi connectivity index (χ2v) is 4.62. The van der Waals surface area contributed by atoms with Gasteiger partial charge in [-0.1, -0.05) is 13.0 Å². The smallest absolute Gasteiger partial charge is 0.341 e. The van der Waals surface area contributed by atoms with Gasteiger partial charge < -0.3 is 4.74 Å². The Morgan fingerprint density at radius 3 is 2.84 bits per heavy atom. The zero-order valence-electron chi connectivity index (χ0n) is 10.8. The van der Waals surface area contributed by atoms with Crippen LogP contribution >= 0.6 is 15.9 Å². The summed E-state index contributed by atoms with van der Waals surface area (Å²) in [6, 6.07) is 5.55. The van der Waals surface area contributed by atoms with Crippen molar-refractivity contribution in [2.75, 3.05) is 6.61 Å². The molecule has 2 aromatic rings. The number of hydrogen-bond donors (Lipinski definition) is 0. The maximum atomic E-state index is 11.8. The van der Waals surface area contributed by atoms with E-state index in [9.17, 15) is 4.79 Å². The maximum Gasteiger partial charge on any atom is 0.341 e. The van der Waals surface area contributed by atoms with Gasteiger partial charge >= 0.3 is 5.97 Å². The van der Waals surface area contributed by atoms with Crippen molar-refractivity contribution in [1.82, 2.24) is 14.8 Å². The van der Waals surface area contributed by atoms with Gasteiger partial charge in [-0.2, -0.15) is 5.10 Å². The summed E-state index contributed by atoms with van der Waals surface area (Å²) < 4.78 is 7.41. The Labute approximate surface area is 119 Å². The Balaban J connectivity index is 2.45. The predicted molar refractivity (Wildman–Crippen MR) is 74.4 cm³/mol. The molecule has 0 unspecified atom stereocenters. The zero-order chi connectivity index (χ0) is 13.8. The second-order valence-electron chi connectivity index (χ2n) is 3.81. The first kappa shape index (κ1) is 13.7. The summed E-state index contributed by atoms with van der Waals surface area (Å²) in [5, 5.41) is 4.23. The highest BCUT2D eigenvalue weighted by molar-refractivity contribution is 9.10. The first-order valence-electron chi connectivity index (χ1n) is 6.04. The number of hydrogen-bond acceptors (Lipinski definition) is 4. The Morgan fingerprint density at radius 1 is 1.42 bits per heavy atom. The predicted octanol–water partition coefficient (Wildman–Crippen LogP) is 2.77. The average molecular weight is 324 g/mol. The molecule has 0 radical (unpaired) electrons. The molecule has 0 saturated heterocycles. The number of rotatable bonds is 4. The van der Waals surface area contributed by atoms with Crippen molar-refractivity contribution in [2.24, 2.45) is 0 Å². The van der Waals surface area contributed by atoms with Gasteiger partial charge in [0.05, 0.1) is 18.5 Å². The summed E-state index contributed by atoms with van der Waals surface area (Å²) in [6.07, 6.45) is 2.20. The lowest BCUT2D eigenvalue weighted by molar-refractivity contribution is 0.0525. The molecule has 6 heteroatoms. The SMILES string of the molecule is CCOC(=O)c1cnn(-c2cccc(Br)n2)c1CC. The minimum atomic E-state index is -0.347. The highest BCUT2D eigenvalue weighted by Gasteiger charge is 2.18. The lowest BCUT2D eigenvalue weighted by Crippen LogP contribution is -2.09. The number of pyridine rings is 1. The van der Waals surface area contributed by atoms with Crippen LogP contribution in [0.3, 0.4) is 0 Å². The molecule has 100 valence electrons. The van der Waals surface area contributed by atoms with Crippen molar-refractivity contribution < 1.29 is 9.53 Å². The van der Waals surface area contributed by atoms with Gasteiger partial charge in [-0.25, -0.2) is 14.5 Å². The van der Waals surface area contributed by atoms with Crippen molar-refractivity contribution in [3.63, 3.8) is 0 Å². The Bertz CT molecular complexity index is 595. The Morgan fingerprint density at radius 2 is 2.21 bits per heavy atom. The Kier molecular flexibility index (Phi) is 4.31. The summed E-state index contributed by atoms with van der Waals surface area (Å²) in [5.74, 6) is 0.322. The number of carbonyl (C=O) groups is 1. The third-order valence-electron chi connectivity index (χ3n) is 2.62. The average Bonchev–Trinajstić information content (AvgIpc) is 2.82. The quantitative estimate of drug-likeness (QED) is 0.641. The van der Waals surface area contributed by atoms with Crippen LogP contribution in [0.25, 0.3) is 5.82 Å². The van der Waals surface area contributed by atoms with E-state index in [1.54, 1.807) is 11.6 Å².